The first-order valence-electron chi connectivity index (χ1n) is 6.92. The molecule has 1 aromatic heterocycles. The molecular weight excluding hydrogens is 256 g/mol. The van der Waals surface area contributed by atoms with Crippen LogP contribution in [0.1, 0.15) is 37.9 Å². The number of aromatic nitrogens is 2. The molecule has 0 amide bonds. The molecule has 0 radical (unpaired) electrons. The maximum absolute atomic E-state index is 9.53. The summed E-state index contributed by atoms with van der Waals surface area (Å²) >= 11 is 0. The van der Waals surface area contributed by atoms with E-state index in [4.69, 9.17) is 15.2 Å². The standard InChI is InChI=1S/C14H18N4O2/c1-3-4-10-11-13(18-17-10)20-12(16)9(7-15)14(11)5-6-19-8(14)2/h8H,3-6,16H2,1-2H3,(H,17,18)/t8-,14+/m0/s1. The molecule has 6 nitrogen and oxygen atoms in total. The van der Waals surface area contributed by atoms with Gasteiger partial charge in [-0.25, -0.2) is 0 Å². The summed E-state index contributed by atoms with van der Waals surface area (Å²) in [7, 11) is 0. The molecule has 2 aliphatic heterocycles. The minimum Gasteiger partial charge on any atom is -0.420 e. The van der Waals surface area contributed by atoms with Crippen molar-refractivity contribution < 1.29 is 9.47 Å². The van der Waals surface area contributed by atoms with Gasteiger partial charge in [-0.3, -0.25) is 5.10 Å². The Hall–Kier alpha value is -2.00. The highest BCUT2D eigenvalue weighted by atomic mass is 16.5. The summed E-state index contributed by atoms with van der Waals surface area (Å²) in [4.78, 5) is 0. The molecule has 2 aliphatic rings. The van der Waals surface area contributed by atoms with Gasteiger partial charge in [0.15, 0.2) is 0 Å². The molecule has 2 atom stereocenters. The molecular formula is C14H18N4O2. The summed E-state index contributed by atoms with van der Waals surface area (Å²) in [6, 6.07) is 2.22. The monoisotopic (exact) mass is 274 g/mol. The number of aryl methyl sites for hydroxylation is 1. The summed E-state index contributed by atoms with van der Waals surface area (Å²) in [6.07, 6.45) is 2.45. The SMILES string of the molecule is CCCc1[nH]nc2c1[C@@]1(CCO[C@H]1C)C(C#N)=C(N)O2. The van der Waals surface area contributed by atoms with Crippen molar-refractivity contribution in [1.82, 2.24) is 10.2 Å². The summed E-state index contributed by atoms with van der Waals surface area (Å²) in [5, 5.41) is 16.8. The van der Waals surface area contributed by atoms with Gasteiger partial charge in [0.1, 0.15) is 11.6 Å². The summed E-state index contributed by atoms with van der Waals surface area (Å²) in [6.45, 7) is 4.69. The van der Waals surface area contributed by atoms with Crippen LogP contribution in [0.5, 0.6) is 5.88 Å². The van der Waals surface area contributed by atoms with Gasteiger partial charge in [-0.05, 0) is 19.8 Å². The summed E-state index contributed by atoms with van der Waals surface area (Å²) in [5.41, 5.74) is 7.84. The fourth-order valence-corrected chi connectivity index (χ4v) is 3.38. The Morgan fingerprint density at radius 2 is 2.40 bits per heavy atom. The minimum atomic E-state index is -0.524. The molecule has 1 saturated heterocycles. The van der Waals surface area contributed by atoms with Gasteiger partial charge >= 0.3 is 0 Å². The number of nitrogens with one attached hydrogen (secondary N) is 1. The zero-order valence-corrected chi connectivity index (χ0v) is 11.7. The highest BCUT2D eigenvalue weighted by molar-refractivity contribution is 5.55. The Balaban J connectivity index is 2.24. The maximum atomic E-state index is 9.53. The number of ether oxygens (including phenoxy) is 2. The van der Waals surface area contributed by atoms with E-state index in [1.54, 1.807) is 0 Å². The third kappa shape index (κ3) is 1.50. The molecule has 0 saturated carbocycles. The lowest BCUT2D eigenvalue weighted by Crippen LogP contribution is -2.41. The van der Waals surface area contributed by atoms with Gasteiger partial charge in [-0.2, -0.15) is 5.26 Å². The number of fused-ring (bicyclic) bond motifs is 2. The Labute approximate surface area is 117 Å². The molecule has 0 aromatic carbocycles. The van der Waals surface area contributed by atoms with Crippen molar-refractivity contribution in [2.24, 2.45) is 5.73 Å². The topological polar surface area (TPSA) is 97.0 Å². The molecule has 0 bridgehead atoms. The first-order chi connectivity index (χ1) is 9.65. The lowest BCUT2D eigenvalue weighted by Gasteiger charge is -2.35. The number of hydrogen-bond donors (Lipinski definition) is 2. The first kappa shape index (κ1) is 13.0. The molecule has 1 fully saturated rings. The Morgan fingerprint density at radius 3 is 3.00 bits per heavy atom. The van der Waals surface area contributed by atoms with E-state index in [9.17, 15) is 5.26 Å². The highest BCUT2D eigenvalue weighted by Crippen LogP contribution is 2.51. The van der Waals surface area contributed by atoms with Crippen LogP contribution in [0.15, 0.2) is 11.5 Å². The number of nitriles is 1. The number of nitrogens with zero attached hydrogens (tertiary/aromatic N) is 2. The smallest absolute Gasteiger partial charge is 0.244 e. The number of nitrogens with two attached hydrogens (primary N) is 1. The van der Waals surface area contributed by atoms with Crippen molar-refractivity contribution in [2.75, 3.05) is 6.61 Å². The molecule has 20 heavy (non-hydrogen) atoms. The van der Waals surface area contributed by atoms with E-state index in [1.807, 2.05) is 6.92 Å². The van der Waals surface area contributed by atoms with E-state index in [0.717, 1.165) is 30.5 Å². The lowest BCUT2D eigenvalue weighted by molar-refractivity contribution is 0.0996. The quantitative estimate of drug-likeness (QED) is 0.851. The van der Waals surface area contributed by atoms with Gasteiger partial charge in [0.25, 0.3) is 0 Å². The van der Waals surface area contributed by atoms with E-state index in [1.165, 1.54) is 0 Å². The van der Waals surface area contributed by atoms with Gasteiger partial charge in [-0.15, -0.1) is 5.10 Å². The predicted molar refractivity (Wildman–Crippen MR) is 71.7 cm³/mol. The normalized spacial score (nSPS) is 28.4. The van der Waals surface area contributed by atoms with Crippen molar-refractivity contribution in [3.8, 4) is 11.9 Å². The van der Waals surface area contributed by atoms with Crippen LogP contribution in [0.2, 0.25) is 0 Å². The van der Waals surface area contributed by atoms with Gasteiger partial charge in [0.2, 0.25) is 11.8 Å². The highest BCUT2D eigenvalue weighted by Gasteiger charge is 2.54. The lowest BCUT2D eigenvalue weighted by atomic mass is 9.68. The van der Waals surface area contributed by atoms with E-state index in [2.05, 4.69) is 23.2 Å². The largest absolute Gasteiger partial charge is 0.420 e. The Bertz CT molecular complexity index is 613. The third-order valence-electron chi connectivity index (χ3n) is 4.32. The average molecular weight is 274 g/mol. The zero-order valence-electron chi connectivity index (χ0n) is 11.7. The average Bonchev–Trinajstić information content (AvgIpc) is 2.97. The number of rotatable bonds is 2. The van der Waals surface area contributed by atoms with Crippen LogP contribution in [0, 0.1) is 11.3 Å². The number of hydrogen-bond acceptors (Lipinski definition) is 5. The molecule has 1 spiro atoms. The van der Waals surface area contributed by atoms with Crippen molar-refractivity contribution >= 4 is 0 Å². The Morgan fingerprint density at radius 1 is 1.60 bits per heavy atom. The van der Waals surface area contributed by atoms with Crippen LogP contribution in [-0.4, -0.2) is 22.9 Å². The molecule has 6 heteroatoms. The number of H-pyrrole nitrogens is 1. The molecule has 3 rings (SSSR count). The molecule has 0 unspecified atom stereocenters. The van der Waals surface area contributed by atoms with E-state index >= 15 is 0 Å². The van der Waals surface area contributed by atoms with Gasteiger partial charge < -0.3 is 15.2 Å². The van der Waals surface area contributed by atoms with Gasteiger partial charge in [0, 0.05) is 12.3 Å². The Kier molecular flexibility index (Phi) is 2.94. The van der Waals surface area contributed by atoms with Crippen LogP contribution >= 0.6 is 0 Å². The van der Waals surface area contributed by atoms with Crippen molar-refractivity contribution in [3.63, 3.8) is 0 Å². The summed E-state index contributed by atoms with van der Waals surface area (Å²) in [5.74, 6) is 0.634. The second-order valence-corrected chi connectivity index (χ2v) is 5.32. The molecule has 3 N–H and O–H groups in total. The van der Waals surface area contributed by atoms with E-state index in [-0.39, 0.29) is 12.0 Å². The summed E-state index contributed by atoms with van der Waals surface area (Å²) < 4.78 is 11.3. The van der Waals surface area contributed by atoms with Crippen molar-refractivity contribution in [2.45, 2.75) is 44.6 Å². The van der Waals surface area contributed by atoms with Crippen LogP contribution < -0.4 is 10.5 Å². The van der Waals surface area contributed by atoms with Gasteiger partial charge in [-0.1, -0.05) is 13.3 Å². The van der Waals surface area contributed by atoms with Crippen LogP contribution in [0.25, 0.3) is 0 Å². The minimum absolute atomic E-state index is 0.119. The predicted octanol–water partition coefficient (Wildman–Crippen LogP) is 1.50. The molecule has 106 valence electrons. The fourth-order valence-electron chi connectivity index (χ4n) is 3.38. The van der Waals surface area contributed by atoms with E-state index in [0.29, 0.717) is 18.1 Å². The van der Waals surface area contributed by atoms with Crippen LogP contribution in [-0.2, 0) is 16.6 Å². The zero-order chi connectivity index (χ0) is 14.3. The second-order valence-electron chi connectivity index (χ2n) is 5.32. The first-order valence-corrected chi connectivity index (χ1v) is 6.92. The van der Waals surface area contributed by atoms with Gasteiger partial charge in [0.05, 0.1) is 17.1 Å². The molecule has 1 aromatic rings. The fraction of sp³-hybridized carbons (Fsp3) is 0.571. The maximum Gasteiger partial charge on any atom is 0.244 e. The van der Waals surface area contributed by atoms with E-state index < -0.39 is 5.41 Å². The van der Waals surface area contributed by atoms with Crippen LogP contribution in [0.3, 0.4) is 0 Å². The number of aromatic amines is 1. The second kappa shape index (κ2) is 4.53. The molecule has 0 aliphatic carbocycles. The molecule has 3 heterocycles. The van der Waals surface area contributed by atoms with Crippen molar-refractivity contribution in [1.29, 1.82) is 5.26 Å². The third-order valence-corrected chi connectivity index (χ3v) is 4.32. The van der Waals surface area contributed by atoms with Crippen molar-refractivity contribution in [3.05, 3.63) is 22.7 Å². The van der Waals surface area contributed by atoms with Crippen LogP contribution in [0.4, 0.5) is 0 Å².